The van der Waals surface area contributed by atoms with Crippen LogP contribution in [0.3, 0.4) is 0 Å². The second-order valence-corrected chi connectivity index (χ2v) is 6.08. The highest BCUT2D eigenvalue weighted by atomic mass is 16.1. The third-order valence-electron chi connectivity index (χ3n) is 3.93. The molecule has 0 amide bonds. The molecule has 0 spiro atoms. The molecular formula is C17H20N2O. The first-order chi connectivity index (χ1) is 9.47. The third kappa shape index (κ3) is 1.94. The minimum atomic E-state index is -0.00990. The maximum atomic E-state index is 12.3. The molecule has 2 aromatic heterocycles. The zero-order chi connectivity index (χ0) is 14.4. The molecule has 0 bridgehead atoms. The molecule has 3 heteroatoms. The summed E-state index contributed by atoms with van der Waals surface area (Å²) in [5.41, 5.74) is 4.25. The van der Waals surface area contributed by atoms with Crippen LogP contribution in [0.1, 0.15) is 50.8 Å². The summed E-state index contributed by atoms with van der Waals surface area (Å²) in [4.78, 5) is 18.7. The van der Waals surface area contributed by atoms with E-state index in [0.29, 0.717) is 11.8 Å². The van der Waals surface area contributed by atoms with Gasteiger partial charge in [-0.15, -0.1) is 0 Å². The van der Waals surface area contributed by atoms with E-state index in [1.54, 1.807) is 0 Å². The van der Waals surface area contributed by atoms with E-state index in [2.05, 4.69) is 49.8 Å². The molecule has 2 N–H and O–H groups in total. The van der Waals surface area contributed by atoms with Gasteiger partial charge in [-0.25, -0.2) is 0 Å². The van der Waals surface area contributed by atoms with E-state index in [1.807, 2.05) is 12.1 Å². The summed E-state index contributed by atoms with van der Waals surface area (Å²) in [5, 5.41) is 1.76. The van der Waals surface area contributed by atoms with Gasteiger partial charge in [0, 0.05) is 16.5 Å². The number of hydrogen-bond acceptors (Lipinski definition) is 1. The molecule has 3 aromatic rings. The summed E-state index contributed by atoms with van der Waals surface area (Å²) in [6.45, 7) is 8.56. The summed E-state index contributed by atoms with van der Waals surface area (Å²) in [5.74, 6) is 0.834. The maximum absolute atomic E-state index is 12.3. The van der Waals surface area contributed by atoms with Gasteiger partial charge in [0.2, 0.25) is 0 Å². The monoisotopic (exact) mass is 268 g/mol. The average molecular weight is 268 g/mol. The highest BCUT2D eigenvalue weighted by Gasteiger charge is 2.11. The number of nitrogens with one attached hydrogen (secondary N) is 2. The van der Waals surface area contributed by atoms with Crippen molar-refractivity contribution in [2.75, 3.05) is 0 Å². The molecule has 1 aromatic carbocycles. The number of aromatic amines is 2. The lowest BCUT2D eigenvalue weighted by Gasteiger charge is -2.07. The molecule has 0 saturated carbocycles. The second kappa shape index (κ2) is 4.51. The molecule has 3 rings (SSSR count). The smallest absolute Gasteiger partial charge is 0.256 e. The Morgan fingerprint density at radius 3 is 2.30 bits per heavy atom. The van der Waals surface area contributed by atoms with Crippen LogP contribution in [-0.2, 0) is 0 Å². The number of hydrogen-bond donors (Lipinski definition) is 2. The molecule has 3 nitrogen and oxygen atoms in total. The highest BCUT2D eigenvalue weighted by Crippen LogP contribution is 2.26. The van der Waals surface area contributed by atoms with Crippen LogP contribution in [0, 0.1) is 0 Å². The predicted molar refractivity (Wildman–Crippen MR) is 84.6 cm³/mol. The Morgan fingerprint density at radius 1 is 0.900 bits per heavy atom. The van der Waals surface area contributed by atoms with Crippen LogP contribution >= 0.6 is 0 Å². The molecule has 104 valence electrons. The minimum absolute atomic E-state index is 0.00990. The molecule has 0 aliphatic heterocycles. The Morgan fingerprint density at radius 2 is 1.65 bits per heavy atom. The van der Waals surface area contributed by atoms with E-state index in [9.17, 15) is 4.79 Å². The van der Waals surface area contributed by atoms with Crippen molar-refractivity contribution in [2.24, 2.45) is 0 Å². The normalized spacial score (nSPS) is 12.1. The first-order valence-electron chi connectivity index (χ1n) is 7.16. The lowest BCUT2D eigenvalue weighted by atomic mass is 10.00. The number of fused-ring (bicyclic) bond motifs is 3. The average Bonchev–Trinajstić information content (AvgIpc) is 2.82. The number of H-pyrrole nitrogens is 2. The summed E-state index contributed by atoms with van der Waals surface area (Å²) in [6.07, 6.45) is 0. The summed E-state index contributed by atoms with van der Waals surface area (Å²) < 4.78 is 0. The first-order valence-corrected chi connectivity index (χ1v) is 7.16. The zero-order valence-corrected chi connectivity index (χ0v) is 12.4. The highest BCUT2D eigenvalue weighted by molar-refractivity contribution is 6.03. The molecule has 0 radical (unpaired) electrons. The lowest BCUT2D eigenvalue weighted by Crippen LogP contribution is -2.06. The van der Waals surface area contributed by atoms with Crippen LogP contribution in [0.15, 0.2) is 29.1 Å². The van der Waals surface area contributed by atoms with Gasteiger partial charge in [0.1, 0.15) is 0 Å². The standard InChI is InChI=1S/C17H20N2O/c1-9(2)11-5-6-12-13(7-11)17(20)19-15-8-14(10(3)4)18-16(12)15/h5-10,18H,1-4H3,(H,19,20). The van der Waals surface area contributed by atoms with Gasteiger partial charge in [-0.2, -0.15) is 0 Å². The van der Waals surface area contributed by atoms with Crippen molar-refractivity contribution in [1.29, 1.82) is 0 Å². The van der Waals surface area contributed by atoms with E-state index in [-0.39, 0.29) is 5.56 Å². The van der Waals surface area contributed by atoms with Crippen molar-refractivity contribution in [3.8, 4) is 0 Å². The molecule has 2 heterocycles. The number of benzene rings is 1. The molecule has 0 unspecified atom stereocenters. The zero-order valence-electron chi connectivity index (χ0n) is 12.4. The lowest BCUT2D eigenvalue weighted by molar-refractivity contribution is 0.837. The molecule has 0 aliphatic rings. The Kier molecular flexibility index (Phi) is 2.93. The van der Waals surface area contributed by atoms with Crippen LogP contribution in [-0.4, -0.2) is 9.97 Å². The third-order valence-corrected chi connectivity index (χ3v) is 3.93. The molecule has 0 fully saturated rings. The number of aromatic nitrogens is 2. The van der Waals surface area contributed by atoms with Crippen molar-refractivity contribution >= 4 is 21.8 Å². The van der Waals surface area contributed by atoms with E-state index in [1.165, 1.54) is 5.56 Å². The molecular weight excluding hydrogens is 248 g/mol. The quantitative estimate of drug-likeness (QED) is 0.717. The van der Waals surface area contributed by atoms with Crippen molar-refractivity contribution in [2.45, 2.75) is 39.5 Å². The first kappa shape index (κ1) is 13.0. The number of pyridine rings is 1. The minimum Gasteiger partial charge on any atom is -0.356 e. The van der Waals surface area contributed by atoms with E-state index >= 15 is 0 Å². The summed E-state index contributed by atoms with van der Waals surface area (Å²) in [6, 6.07) is 8.22. The summed E-state index contributed by atoms with van der Waals surface area (Å²) in [7, 11) is 0. The van der Waals surface area contributed by atoms with Gasteiger partial charge >= 0.3 is 0 Å². The molecule has 0 atom stereocenters. The summed E-state index contributed by atoms with van der Waals surface area (Å²) >= 11 is 0. The van der Waals surface area contributed by atoms with E-state index < -0.39 is 0 Å². The maximum Gasteiger partial charge on any atom is 0.256 e. The Hall–Kier alpha value is -2.03. The fourth-order valence-electron chi connectivity index (χ4n) is 2.61. The topological polar surface area (TPSA) is 48.6 Å². The Bertz CT molecular complexity index is 837. The Balaban J connectivity index is 2.38. The van der Waals surface area contributed by atoms with Crippen molar-refractivity contribution in [1.82, 2.24) is 9.97 Å². The second-order valence-electron chi connectivity index (χ2n) is 6.08. The van der Waals surface area contributed by atoms with Gasteiger partial charge in [-0.1, -0.05) is 39.8 Å². The number of rotatable bonds is 2. The van der Waals surface area contributed by atoms with Crippen molar-refractivity contribution < 1.29 is 0 Å². The van der Waals surface area contributed by atoms with Crippen LogP contribution in [0.25, 0.3) is 21.8 Å². The van der Waals surface area contributed by atoms with Gasteiger partial charge < -0.3 is 9.97 Å². The van der Waals surface area contributed by atoms with Crippen LogP contribution < -0.4 is 5.56 Å². The van der Waals surface area contributed by atoms with Crippen molar-refractivity contribution in [3.63, 3.8) is 0 Å². The molecule has 0 aliphatic carbocycles. The molecule has 0 saturated heterocycles. The van der Waals surface area contributed by atoms with Crippen LogP contribution in [0.2, 0.25) is 0 Å². The van der Waals surface area contributed by atoms with Gasteiger partial charge in [-0.3, -0.25) is 4.79 Å². The van der Waals surface area contributed by atoms with Crippen molar-refractivity contribution in [3.05, 3.63) is 45.9 Å². The SMILES string of the molecule is CC(C)c1ccc2c(c1)c(=O)[nH]c1cc(C(C)C)[nH]c12. The van der Waals surface area contributed by atoms with E-state index in [4.69, 9.17) is 0 Å². The van der Waals surface area contributed by atoms with Crippen LogP contribution in [0.4, 0.5) is 0 Å². The Labute approximate surface area is 118 Å². The predicted octanol–water partition coefficient (Wildman–Crippen LogP) is 4.26. The van der Waals surface area contributed by atoms with Gasteiger partial charge in [-0.05, 0) is 29.5 Å². The van der Waals surface area contributed by atoms with Crippen LogP contribution in [0.5, 0.6) is 0 Å². The fourth-order valence-corrected chi connectivity index (χ4v) is 2.61. The molecule has 20 heavy (non-hydrogen) atoms. The van der Waals surface area contributed by atoms with E-state index in [0.717, 1.165) is 27.5 Å². The largest absolute Gasteiger partial charge is 0.356 e. The van der Waals surface area contributed by atoms with Gasteiger partial charge in [0.15, 0.2) is 0 Å². The van der Waals surface area contributed by atoms with Gasteiger partial charge in [0.05, 0.1) is 11.0 Å². The fraction of sp³-hybridized carbons (Fsp3) is 0.353. The van der Waals surface area contributed by atoms with Gasteiger partial charge in [0.25, 0.3) is 5.56 Å².